The first-order valence-electron chi connectivity index (χ1n) is 11.1. The molecule has 0 amide bonds. The van der Waals surface area contributed by atoms with Crippen molar-refractivity contribution < 1.29 is 27.6 Å². The standard InChI is InChI=1S/C22H34O6S2/c1-21-9-7-16-15-8-10-22(24,13-28-2)11-14(15)3-4-17(16)18(21)5-6-19(21)20(23)12-29-30(25,26)27/h3,15-19,24H,4-13H2,1-2H3,(H,25,26,27)/t15-,16+,17+,18-,19+,21-,22-/m0/s1. The fraction of sp³-hybridized carbons (Fsp3) is 0.864. The van der Waals surface area contributed by atoms with Crippen molar-refractivity contribution in [2.75, 3.05) is 19.5 Å². The van der Waals surface area contributed by atoms with E-state index < -0.39 is 14.8 Å². The molecule has 2 N–H and O–H groups in total. The van der Waals surface area contributed by atoms with E-state index in [0.717, 1.165) is 44.9 Å². The number of ether oxygens (including phenoxy) is 1. The minimum absolute atomic E-state index is 0.0320. The molecule has 0 heterocycles. The van der Waals surface area contributed by atoms with Crippen molar-refractivity contribution in [3.05, 3.63) is 11.6 Å². The number of fused-ring (bicyclic) bond motifs is 5. The minimum Gasteiger partial charge on any atom is -0.387 e. The van der Waals surface area contributed by atoms with Crippen LogP contribution in [0.4, 0.5) is 0 Å². The highest BCUT2D eigenvalue weighted by molar-refractivity contribution is 8.70. The Bertz CT molecular complexity index is 823. The average Bonchev–Trinajstić information content (AvgIpc) is 3.02. The highest BCUT2D eigenvalue weighted by Gasteiger charge is 2.57. The summed E-state index contributed by atoms with van der Waals surface area (Å²) in [5.74, 6) is 1.91. The third-order valence-electron chi connectivity index (χ3n) is 8.74. The van der Waals surface area contributed by atoms with Crippen LogP contribution in [0.15, 0.2) is 11.6 Å². The molecular weight excluding hydrogens is 424 g/mol. The van der Waals surface area contributed by atoms with Gasteiger partial charge in [-0.25, -0.2) is 0 Å². The molecule has 3 saturated carbocycles. The summed E-state index contributed by atoms with van der Waals surface area (Å²) in [6.07, 6.45) is 9.81. The fourth-order valence-corrected chi connectivity index (χ4v) is 8.78. The Morgan fingerprint density at radius 1 is 1.23 bits per heavy atom. The third kappa shape index (κ3) is 4.15. The minimum atomic E-state index is -4.19. The molecule has 0 aromatic carbocycles. The molecule has 0 bridgehead atoms. The molecule has 8 heteroatoms. The largest absolute Gasteiger partial charge is 0.387 e. The van der Waals surface area contributed by atoms with Crippen LogP contribution in [0, 0.1) is 35.0 Å². The summed E-state index contributed by atoms with van der Waals surface area (Å²) in [5.41, 5.74) is 0.596. The normalized spacial score (nSPS) is 43.3. The van der Waals surface area contributed by atoms with E-state index in [1.807, 2.05) is 0 Å². The summed E-state index contributed by atoms with van der Waals surface area (Å²) in [6.45, 7) is 2.62. The quantitative estimate of drug-likeness (QED) is 0.356. The number of aliphatic hydroxyl groups is 1. The molecule has 3 fully saturated rings. The van der Waals surface area contributed by atoms with Gasteiger partial charge in [-0.05, 0) is 80.5 Å². The molecule has 7 atom stereocenters. The van der Waals surface area contributed by atoms with Crippen LogP contribution < -0.4 is 0 Å². The van der Waals surface area contributed by atoms with Gasteiger partial charge in [0.25, 0.3) is 0 Å². The number of Topliss-reactive ketones (excluding diaryl/α,β-unsaturated/α-hetero) is 1. The fourth-order valence-electron chi connectivity index (χ4n) is 7.52. The second kappa shape index (κ2) is 8.18. The lowest BCUT2D eigenvalue weighted by molar-refractivity contribution is -0.126. The maximum absolute atomic E-state index is 12.8. The van der Waals surface area contributed by atoms with Crippen LogP contribution in [0.5, 0.6) is 0 Å². The third-order valence-corrected chi connectivity index (χ3v) is 10.7. The van der Waals surface area contributed by atoms with E-state index in [-0.39, 0.29) is 22.9 Å². The van der Waals surface area contributed by atoms with Crippen LogP contribution in [0.3, 0.4) is 0 Å². The highest BCUT2D eigenvalue weighted by atomic mass is 33.1. The molecule has 0 saturated heterocycles. The number of hydrogen-bond donors (Lipinski definition) is 2. The van der Waals surface area contributed by atoms with Gasteiger partial charge in [0.1, 0.15) is 5.78 Å². The lowest BCUT2D eigenvalue weighted by atomic mass is 9.51. The predicted octanol–water partition coefficient (Wildman–Crippen LogP) is 3.66. The number of ketones is 1. The predicted molar refractivity (Wildman–Crippen MR) is 116 cm³/mol. The monoisotopic (exact) mass is 458 g/mol. The van der Waals surface area contributed by atoms with Crippen LogP contribution in [0.1, 0.15) is 58.3 Å². The molecule has 170 valence electrons. The molecular formula is C22H34O6S2. The van der Waals surface area contributed by atoms with Crippen molar-refractivity contribution in [3.63, 3.8) is 0 Å². The highest BCUT2D eigenvalue weighted by Crippen LogP contribution is 2.63. The van der Waals surface area contributed by atoms with Gasteiger partial charge >= 0.3 is 9.15 Å². The van der Waals surface area contributed by atoms with Crippen molar-refractivity contribution in [3.8, 4) is 0 Å². The van der Waals surface area contributed by atoms with Gasteiger partial charge in [0.15, 0.2) is 0 Å². The number of hydrogen-bond acceptors (Lipinski definition) is 6. The SMILES string of the molecule is COC[C@]1(O)CC[C@H]2C(=CC[C@@H]3[C@@H]2CC[C@]2(C)[C@@H](C(=O)CSS(=O)(=O)O)CC[C@@H]32)C1. The van der Waals surface area contributed by atoms with Crippen LogP contribution in [0.2, 0.25) is 0 Å². The molecule has 0 aromatic rings. The topological polar surface area (TPSA) is 101 Å². The van der Waals surface area contributed by atoms with Crippen molar-refractivity contribution in [1.82, 2.24) is 0 Å². The molecule has 0 aromatic heterocycles. The van der Waals surface area contributed by atoms with Gasteiger partial charge in [-0.1, -0.05) is 18.6 Å². The van der Waals surface area contributed by atoms with E-state index in [4.69, 9.17) is 9.29 Å². The number of methoxy groups -OCH3 is 1. The molecule has 4 aliphatic rings. The molecule has 6 nitrogen and oxygen atoms in total. The van der Waals surface area contributed by atoms with Gasteiger partial charge in [0, 0.05) is 23.8 Å². The summed E-state index contributed by atoms with van der Waals surface area (Å²) in [4.78, 5) is 12.8. The summed E-state index contributed by atoms with van der Waals surface area (Å²) >= 11 is 0. The van der Waals surface area contributed by atoms with Gasteiger partial charge in [-0.3, -0.25) is 9.35 Å². The molecule has 0 unspecified atom stereocenters. The van der Waals surface area contributed by atoms with Crippen molar-refractivity contribution >= 4 is 25.7 Å². The molecule has 0 radical (unpaired) electrons. The Morgan fingerprint density at radius 3 is 2.70 bits per heavy atom. The first-order valence-corrected chi connectivity index (χ1v) is 14.1. The second-order valence-corrected chi connectivity index (χ2v) is 13.6. The Labute approximate surface area is 183 Å². The Kier molecular flexibility index (Phi) is 6.21. The van der Waals surface area contributed by atoms with E-state index in [9.17, 15) is 18.3 Å². The van der Waals surface area contributed by atoms with E-state index >= 15 is 0 Å². The van der Waals surface area contributed by atoms with E-state index in [0.29, 0.717) is 47.5 Å². The molecule has 4 rings (SSSR count). The summed E-state index contributed by atoms with van der Waals surface area (Å²) in [6, 6.07) is 0. The van der Waals surface area contributed by atoms with Crippen molar-refractivity contribution in [1.29, 1.82) is 0 Å². The van der Waals surface area contributed by atoms with E-state index in [1.165, 1.54) is 5.57 Å². The zero-order chi connectivity index (χ0) is 21.7. The lowest BCUT2D eigenvalue weighted by Gasteiger charge is -2.54. The van der Waals surface area contributed by atoms with Crippen LogP contribution in [-0.2, 0) is 18.7 Å². The van der Waals surface area contributed by atoms with Gasteiger partial charge in [-0.15, -0.1) is 0 Å². The Hall–Kier alpha value is -0.410. The summed E-state index contributed by atoms with van der Waals surface area (Å²) < 4.78 is 36.4. The molecule has 4 aliphatic carbocycles. The first kappa shape index (κ1) is 22.8. The number of carbonyl (C=O) groups is 1. The molecule has 30 heavy (non-hydrogen) atoms. The van der Waals surface area contributed by atoms with Gasteiger partial charge in [0.05, 0.1) is 18.0 Å². The van der Waals surface area contributed by atoms with Crippen LogP contribution in [-0.4, -0.2) is 48.9 Å². The zero-order valence-corrected chi connectivity index (χ0v) is 19.5. The zero-order valence-electron chi connectivity index (χ0n) is 17.9. The number of allylic oxidation sites excluding steroid dienone is 1. The summed E-state index contributed by atoms with van der Waals surface area (Å²) in [5, 5.41) is 10.8. The Morgan fingerprint density at radius 2 is 2.00 bits per heavy atom. The Balaban J connectivity index is 1.49. The lowest BCUT2D eigenvalue weighted by Crippen LogP contribution is -2.49. The van der Waals surface area contributed by atoms with E-state index in [2.05, 4.69) is 13.0 Å². The average molecular weight is 459 g/mol. The molecule has 0 spiro atoms. The number of rotatable bonds is 6. The maximum atomic E-state index is 12.8. The van der Waals surface area contributed by atoms with Crippen LogP contribution >= 0.6 is 10.8 Å². The van der Waals surface area contributed by atoms with Crippen molar-refractivity contribution in [2.45, 2.75) is 63.9 Å². The maximum Gasteiger partial charge on any atom is 0.320 e. The van der Waals surface area contributed by atoms with Crippen LogP contribution in [0.25, 0.3) is 0 Å². The first-order chi connectivity index (χ1) is 14.1. The van der Waals surface area contributed by atoms with Crippen molar-refractivity contribution in [2.24, 2.45) is 35.0 Å². The smallest absolute Gasteiger partial charge is 0.320 e. The van der Waals surface area contributed by atoms with Gasteiger partial charge in [0.2, 0.25) is 0 Å². The summed E-state index contributed by atoms with van der Waals surface area (Å²) in [7, 11) is -2.20. The molecule has 0 aliphatic heterocycles. The number of carbonyl (C=O) groups excluding carboxylic acids is 1. The van der Waals surface area contributed by atoms with Gasteiger partial charge in [-0.2, -0.15) is 8.42 Å². The van der Waals surface area contributed by atoms with Gasteiger partial charge < -0.3 is 9.84 Å². The second-order valence-electron chi connectivity index (χ2n) is 10.3. The van der Waals surface area contributed by atoms with E-state index in [1.54, 1.807) is 7.11 Å².